The third-order valence-electron chi connectivity index (χ3n) is 18.7. The number of hydrogen-bond acceptors (Lipinski definition) is 17. The molecule has 0 spiro atoms. The van der Waals surface area contributed by atoms with Crippen LogP contribution >= 0.6 is 0 Å². The van der Waals surface area contributed by atoms with Gasteiger partial charge in [0, 0.05) is 42.9 Å². The van der Waals surface area contributed by atoms with Crippen LogP contribution in [0.2, 0.25) is 0 Å². The number of carbonyl (C=O) groups excluding carboxylic acids is 13. The first-order valence-corrected chi connectivity index (χ1v) is 38.1. The maximum atomic E-state index is 13.9. The number of fused-ring (bicyclic) bond motifs is 1. The highest BCUT2D eigenvalue weighted by atomic mass is 16.4. The number of primary amides is 1. The number of carbonyl (C=O) groups is 14. The lowest BCUT2D eigenvalue weighted by molar-refractivity contribution is -0.142. The molecule has 1 fully saturated rings. The normalized spacial score (nSPS) is 16.2. The minimum absolute atomic E-state index is 0.00994. The number of benzene rings is 2. The van der Waals surface area contributed by atoms with Gasteiger partial charge in [-0.15, -0.1) is 0 Å². The van der Waals surface area contributed by atoms with Crippen molar-refractivity contribution in [3.8, 4) is 0 Å². The molecule has 0 radical (unpaired) electrons. The number of nitrogens with zero attached hydrogens (tertiary/aromatic N) is 1. The van der Waals surface area contributed by atoms with Crippen molar-refractivity contribution in [2.75, 3.05) is 13.2 Å². The lowest BCUT2D eigenvalue weighted by Gasteiger charge is -2.29. The fourth-order valence-corrected chi connectivity index (χ4v) is 12.9. The number of nitrogens with two attached hydrogens (primary N) is 1. The molecule has 0 bridgehead atoms. The molecule has 13 atom stereocenters. The first-order chi connectivity index (χ1) is 51.2. The molecule has 108 heavy (non-hydrogen) atoms. The highest BCUT2D eigenvalue weighted by Gasteiger charge is 2.39. The summed E-state index contributed by atoms with van der Waals surface area (Å²) in [4.78, 5) is 190. The van der Waals surface area contributed by atoms with Crippen molar-refractivity contribution < 1.29 is 87.5 Å². The van der Waals surface area contributed by atoms with Crippen molar-refractivity contribution in [2.24, 2.45) is 23.5 Å². The van der Waals surface area contributed by atoms with Crippen LogP contribution in [0.4, 0.5) is 0 Å². The smallest absolute Gasteiger partial charge is 0.326 e. The molecule has 1 aliphatic heterocycles. The lowest BCUT2D eigenvalue weighted by Crippen LogP contribution is -2.61. The standard InChI is InChI=1S/C77H119N13O18/c1-45(2)36-56(70(100)84-59(41-63(78)95)69(99)81-53(43-91)39-51-28-21-20-22-29-51)85-76(106)67(50(9)94)89-73(103)61(44-92)82-64(96)33-23-18-16-14-12-10-11-13-15-17-19-24-34-65(97)90-35-27-32-62(90)74(104)80-48(7)68(98)83-58(38-47(5)6)72(102)88-66(49(8)93)75(105)86-57(37-46(3)4)71(101)87-60(77(107)108)40-52-42-79-55-31-26-25-30-54(52)55/h20-22,25-26,28-31,42-43,45-50,53,56-62,66-67,79,92-94H,10-19,23-24,27,32-41,44H2,1-9H3,(H2,78,95)(H,80,104)(H,81,99)(H,82,96)(H,83,98)(H,84,100)(H,85,106)(H,86,105)(H,87,101)(H,88,102)(H,89,103)(H,107,108)/t48-,49+,50?,53-,56-,57-,58-,59-,60-,61-,62-,66-,67-/m0/s1. The van der Waals surface area contributed by atoms with E-state index in [0.29, 0.717) is 44.1 Å². The average molecular weight is 1510 g/mol. The Morgan fingerprint density at radius 3 is 1.44 bits per heavy atom. The largest absolute Gasteiger partial charge is 0.480 e. The number of aliphatic hydroxyl groups excluding tert-OH is 3. The quantitative estimate of drug-likeness (QED) is 0.0285. The van der Waals surface area contributed by atoms with Gasteiger partial charge in [0.2, 0.25) is 70.9 Å². The van der Waals surface area contributed by atoms with Gasteiger partial charge in [-0.25, -0.2) is 4.79 Å². The number of amides is 12. The predicted molar refractivity (Wildman–Crippen MR) is 403 cm³/mol. The number of carboxylic acids is 1. The average Bonchev–Trinajstić information content (AvgIpc) is 1.67. The van der Waals surface area contributed by atoms with Gasteiger partial charge in [0.25, 0.3) is 0 Å². The molecular weight excluding hydrogens is 1390 g/mol. The van der Waals surface area contributed by atoms with Crippen molar-refractivity contribution in [3.05, 3.63) is 71.9 Å². The molecule has 31 nitrogen and oxygen atoms in total. The second-order valence-electron chi connectivity index (χ2n) is 29.7. The summed E-state index contributed by atoms with van der Waals surface area (Å²) in [5, 5.41) is 67.7. The van der Waals surface area contributed by atoms with Gasteiger partial charge in [-0.05, 0) is 107 Å². The van der Waals surface area contributed by atoms with E-state index in [9.17, 15) is 87.5 Å². The van der Waals surface area contributed by atoms with E-state index in [1.807, 2.05) is 38.1 Å². The summed E-state index contributed by atoms with van der Waals surface area (Å²) in [6.45, 7) is 14.2. The summed E-state index contributed by atoms with van der Waals surface area (Å²) in [6.07, 6.45) is 10.6. The molecule has 1 unspecified atom stereocenters. The number of likely N-dealkylation sites (tertiary alicyclic amines) is 1. The molecule has 1 aliphatic rings. The third-order valence-corrected chi connectivity index (χ3v) is 18.7. The Bertz CT molecular complexity index is 3440. The van der Waals surface area contributed by atoms with Gasteiger partial charge in [0.1, 0.15) is 66.7 Å². The van der Waals surface area contributed by atoms with Crippen LogP contribution < -0.4 is 58.9 Å². The van der Waals surface area contributed by atoms with Gasteiger partial charge < -0.3 is 94.0 Å². The fourth-order valence-electron chi connectivity index (χ4n) is 12.9. The Kier molecular flexibility index (Phi) is 40.0. The highest BCUT2D eigenvalue weighted by molar-refractivity contribution is 5.99. The fraction of sp³-hybridized carbons (Fsp3) is 0.636. The van der Waals surface area contributed by atoms with Gasteiger partial charge in [-0.1, -0.05) is 154 Å². The van der Waals surface area contributed by atoms with E-state index in [1.54, 1.807) is 69.1 Å². The SMILES string of the molecule is CC(C)C[C@H](NC(=O)[C@H](C)NC(=O)[C@@H]1CCCN1C(=O)CCCCCCCCCCCCCCC(=O)N[C@@H](CO)C(=O)N[C@H](C(=O)N[C@@H](CC(C)C)C(=O)N[C@@H](CC(N)=O)C(=O)N[C@H](C=O)Cc1ccccc1)C(C)O)C(=O)N[C@H](C(=O)N[C@@H](CC(C)C)C(=O)N[C@@H](Cc1c[nH]c2ccccc12)C(=O)O)[C@@H](C)O. The first-order valence-electron chi connectivity index (χ1n) is 38.1. The number of aromatic nitrogens is 1. The molecular formula is C77H119N13O18. The van der Waals surface area contributed by atoms with Crippen molar-refractivity contribution in [1.82, 2.24) is 63.1 Å². The molecule has 0 saturated carbocycles. The summed E-state index contributed by atoms with van der Waals surface area (Å²) in [6, 6.07) is 1.68. The molecule has 2 aromatic carbocycles. The van der Waals surface area contributed by atoms with Crippen molar-refractivity contribution in [3.63, 3.8) is 0 Å². The Hall–Kier alpha value is -9.36. The van der Waals surface area contributed by atoms with Gasteiger partial charge in [-0.3, -0.25) is 57.5 Å². The monoisotopic (exact) mass is 1510 g/mol. The number of carboxylic acid groups (broad SMARTS) is 1. The number of aliphatic carboxylic acids is 1. The first kappa shape index (κ1) is 91.0. The molecule has 17 N–H and O–H groups in total. The number of aldehydes is 1. The minimum atomic E-state index is -1.67. The maximum Gasteiger partial charge on any atom is 0.326 e. The van der Waals surface area contributed by atoms with Crippen LogP contribution in [0.15, 0.2) is 60.8 Å². The number of unbranched alkanes of at least 4 members (excludes halogenated alkanes) is 11. The number of para-hydroxylation sites is 1. The van der Waals surface area contributed by atoms with Gasteiger partial charge in [0.05, 0.1) is 31.3 Å². The van der Waals surface area contributed by atoms with Crippen molar-refractivity contribution in [1.29, 1.82) is 0 Å². The Morgan fingerprint density at radius 2 is 0.954 bits per heavy atom. The van der Waals surface area contributed by atoms with Gasteiger partial charge in [-0.2, -0.15) is 0 Å². The zero-order valence-electron chi connectivity index (χ0n) is 64.1. The Balaban J connectivity index is 1.12. The molecule has 4 rings (SSSR count). The number of hydrogen-bond donors (Lipinski definition) is 16. The molecule has 12 amide bonds. The van der Waals surface area contributed by atoms with Crippen LogP contribution in [-0.4, -0.2) is 205 Å². The van der Waals surface area contributed by atoms with Crippen LogP contribution in [0.3, 0.4) is 0 Å². The third kappa shape index (κ3) is 32.2. The van der Waals surface area contributed by atoms with E-state index in [-0.39, 0.29) is 68.6 Å². The Morgan fingerprint density at radius 1 is 0.509 bits per heavy atom. The second kappa shape index (κ2) is 47.4. The molecule has 3 aromatic rings. The Labute approximate surface area is 632 Å². The maximum absolute atomic E-state index is 13.9. The summed E-state index contributed by atoms with van der Waals surface area (Å²) in [5.74, 6) is -10.9. The number of H-pyrrole nitrogens is 1. The topological polar surface area (TPSA) is 485 Å². The van der Waals surface area contributed by atoms with E-state index >= 15 is 0 Å². The van der Waals surface area contributed by atoms with Crippen LogP contribution in [-0.2, 0) is 80.0 Å². The molecule has 600 valence electrons. The van der Waals surface area contributed by atoms with Crippen LogP contribution in [0.5, 0.6) is 0 Å². The van der Waals surface area contributed by atoms with Crippen molar-refractivity contribution >= 4 is 94.0 Å². The van der Waals surface area contributed by atoms with E-state index < -0.39 is 163 Å². The second-order valence-corrected chi connectivity index (χ2v) is 29.7. The van der Waals surface area contributed by atoms with Crippen molar-refractivity contribution in [2.45, 2.75) is 282 Å². The number of aliphatic hydroxyl groups is 3. The zero-order chi connectivity index (χ0) is 80.2. The molecule has 31 heteroatoms. The van der Waals surface area contributed by atoms with E-state index in [1.165, 1.54) is 20.8 Å². The zero-order valence-corrected chi connectivity index (χ0v) is 64.1. The van der Waals surface area contributed by atoms with Crippen LogP contribution in [0.25, 0.3) is 10.9 Å². The summed E-state index contributed by atoms with van der Waals surface area (Å²) in [7, 11) is 0. The van der Waals surface area contributed by atoms with E-state index in [4.69, 9.17) is 5.73 Å². The minimum Gasteiger partial charge on any atom is -0.480 e. The van der Waals surface area contributed by atoms with Gasteiger partial charge in [0.15, 0.2) is 0 Å². The summed E-state index contributed by atoms with van der Waals surface area (Å²) >= 11 is 0. The molecule has 1 saturated heterocycles. The molecule has 1 aromatic heterocycles. The van der Waals surface area contributed by atoms with Crippen LogP contribution in [0, 0.1) is 17.8 Å². The summed E-state index contributed by atoms with van der Waals surface area (Å²) in [5.41, 5.74) is 7.59. The number of aromatic amines is 1. The molecule has 2 heterocycles. The number of rotatable bonds is 51. The van der Waals surface area contributed by atoms with Gasteiger partial charge >= 0.3 is 5.97 Å². The van der Waals surface area contributed by atoms with Crippen LogP contribution in [0.1, 0.15) is 202 Å². The predicted octanol–water partition coefficient (Wildman–Crippen LogP) is 2.32. The summed E-state index contributed by atoms with van der Waals surface area (Å²) < 4.78 is 0. The number of nitrogens with one attached hydrogen (secondary N) is 11. The molecule has 0 aliphatic carbocycles. The van der Waals surface area contributed by atoms with E-state index in [2.05, 4.69) is 58.2 Å². The highest BCUT2D eigenvalue weighted by Crippen LogP contribution is 2.23. The van der Waals surface area contributed by atoms with E-state index in [0.717, 1.165) is 80.7 Å². The lowest BCUT2D eigenvalue weighted by atomic mass is 10.00.